The van der Waals surface area contributed by atoms with Crippen LogP contribution in [-0.2, 0) is 6.42 Å². The van der Waals surface area contributed by atoms with E-state index in [0.29, 0.717) is 6.04 Å². The van der Waals surface area contributed by atoms with E-state index in [9.17, 15) is 0 Å². The summed E-state index contributed by atoms with van der Waals surface area (Å²) in [6.07, 6.45) is 5.31. The zero-order valence-electron chi connectivity index (χ0n) is 12.1. The van der Waals surface area contributed by atoms with Crippen LogP contribution >= 0.6 is 0 Å². The molecule has 1 aromatic carbocycles. The Bertz CT molecular complexity index is 415. The average Bonchev–Trinajstić information content (AvgIpc) is 2.47. The lowest BCUT2D eigenvalue weighted by Gasteiger charge is -2.45. The van der Waals surface area contributed by atoms with Gasteiger partial charge in [-0.15, -0.1) is 0 Å². The Hall–Kier alpha value is -0.860. The van der Waals surface area contributed by atoms with Crippen molar-refractivity contribution >= 4 is 0 Å². The van der Waals surface area contributed by atoms with Gasteiger partial charge in [-0.1, -0.05) is 44.0 Å². The van der Waals surface area contributed by atoms with E-state index in [1.807, 2.05) is 0 Å². The van der Waals surface area contributed by atoms with Crippen LogP contribution in [0.3, 0.4) is 0 Å². The summed E-state index contributed by atoms with van der Waals surface area (Å²) in [5, 5.41) is 0. The van der Waals surface area contributed by atoms with Gasteiger partial charge in [0.05, 0.1) is 0 Å². The number of rotatable bonds is 4. The molecule has 0 amide bonds. The van der Waals surface area contributed by atoms with Crippen LogP contribution in [0.1, 0.15) is 43.4 Å². The highest BCUT2D eigenvalue weighted by Crippen LogP contribution is 2.32. The second kappa shape index (κ2) is 6.06. The normalized spacial score (nSPS) is 23.9. The molecule has 1 unspecified atom stereocenters. The molecule has 1 saturated heterocycles. The molecular formula is C17H26N2. The van der Waals surface area contributed by atoms with Crippen molar-refractivity contribution in [3.8, 4) is 0 Å². The quantitative estimate of drug-likeness (QED) is 0.766. The first-order valence-electron chi connectivity index (χ1n) is 7.92. The summed E-state index contributed by atoms with van der Waals surface area (Å²) in [6.45, 7) is 8.59. The summed E-state index contributed by atoms with van der Waals surface area (Å²) in [5.41, 5.74) is 3.17. The topological polar surface area (TPSA) is 6.48 Å². The van der Waals surface area contributed by atoms with Crippen LogP contribution in [0.4, 0.5) is 0 Å². The van der Waals surface area contributed by atoms with Gasteiger partial charge < -0.3 is 4.90 Å². The van der Waals surface area contributed by atoms with Crippen molar-refractivity contribution in [2.75, 3.05) is 32.7 Å². The molecule has 1 fully saturated rings. The molecule has 0 spiro atoms. The first-order valence-corrected chi connectivity index (χ1v) is 7.92. The number of benzene rings is 1. The van der Waals surface area contributed by atoms with Gasteiger partial charge in [0.15, 0.2) is 0 Å². The van der Waals surface area contributed by atoms with Gasteiger partial charge in [0.2, 0.25) is 0 Å². The summed E-state index contributed by atoms with van der Waals surface area (Å²) in [6, 6.07) is 9.72. The molecule has 2 aliphatic rings. The van der Waals surface area contributed by atoms with Crippen molar-refractivity contribution in [1.82, 2.24) is 9.80 Å². The van der Waals surface area contributed by atoms with Crippen LogP contribution < -0.4 is 0 Å². The molecule has 0 aromatic heterocycles. The highest BCUT2D eigenvalue weighted by Gasteiger charge is 2.31. The predicted octanol–water partition coefficient (Wildman–Crippen LogP) is 3.09. The molecule has 1 atom stereocenters. The summed E-state index contributed by atoms with van der Waals surface area (Å²) in [5.74, 6) is 0. The Balaban J connectivity index is 1.68. The number of piperazine rings is 1. The summed E-state index contributed by atoms with van der Waals surface area (Å²) >= 11 is 0. The van der Waals surface area contributed by atoms with Crippen molar-refractivity contribution in [3.05, 3.63) is 35.4 Å². The molecule has 2 aliphatic heterocycles. The highest BCUT2D eigenvalue weighted by atomic mass is 15.3. The fourth-order valence-electron chi connectivity index (χ4n) is 3.58. The summed E-state index contributed by atoms with van der Waals surface area (Å²) in [4.78, 5) is 5.37. The molecule has 2 heteroatoms. The van der Waals surface area contributed by atoms with Gasteiger partial charge in [0.25, 0.3) is 0 Å². The zero-order valence-corrected chi connectivity index (χ0v) is 12.1. The van der Waals surface area contributed by atoms with Crippen LogP contribution in [-0.4, -0.2) is 42.5 Å². The smallest absolute Gasteiger partial charge is 0.0478 e. The van der Waals surface area contributed by atoms with E-state index < -0.39 is 0 Å². The van der Waals surface area contributed by atoms with Crippen LogP contribution in [0.15, 0.2) is 24.3 Å². The number of nitrogens with zero attached hydrogens (tertiary/aromatic N) is 2. The standard InChI is InChI=1S/C17H26N2/c1-2-3-6-10-18-12-13-19-11-9-15-7-4-5-8-16(15)17(19)14-18/h4-5,7-8,17H,2-3,6,9-14H2,1H3. The molecule has 3 rings (SSSR count). The molecule has 0 radical (unpaired) electrons. The van der Waals surface area contributed by atoms with Gasteiger partial charge in [-0.2, -0.15) is 0 Å². The number of hydrogen-bond donors (Lipinski definition) is 0. The third kappa shape index (κ3) is 2.85. The minimum absolute atomic E-state index is 0.653. The first kappa shape index (κ1) is 13.1. The van der Waals surface area contributed by atoms with Crippen molar-refractivity contribution in [2.45, 2.75) is 38.6 Å². The lowest BCUT2D eigenvalue weighted by molar-refractivity contribution is 0.0663. The second-order valence-electron chi connectivity index (χ2n) is 6.01. The van der Waals surface area contributed by atoms with Gasteiger partial charge in [0.1, 0.15) is 0 Å². The largest absolute Gasteiger partial charge is 0.300 e. The molecule has 0 N–H and O–H groups in total. The van der Waals surface area contributed by atoms with Gasteiger partial charge in [-0.25, -0.2) is 0 Å². The minimum atomic E-state index is 0.653. The fourth-order valence-corrected chi connectivity index (χ4v) is 3.58. The monoisotopic (exact) mass is 258 g/mol. The zero-order chi connectivity index (χ0) is 13.1. The maximum Gasteiger partial charge on any atom is 0.0478 e. The van der Waals surface area contributed by atoms with E-state index >= 15 is 0 Å². The molecule has 2 nitrogen and oxygen atoms in total. The van der Waals surface area contributed by atoms with Crippen LogP contribution in [0, 0.1) is 0 Å². The fraction of sp³-hybridized carbons (Fsp3) is 0.647. The Kier molecular flexibility index (Phi) is 4.19. The lowest BCUT2D eigenvalue weighted by Crippen LogP contribution is -2.50. The SMILES string of the molecule is CCCCCN1CCN2CCc3ccccc3C2C1. The third-order valence-electron chi connectivity index (χ3n) is 4.74. The van der Waals surface area contributed by atoms with Crippen molar-refractivity contribution in [3.63, 3.8) is 0 Å². The van der Waals surface area contributed by atoms with Gasteiger partial charge in [-0.3, -0.25) is 4.90 Å². The van der Waals surface area contributed by atoms with Crippen molar-refractivity contribution in [1.29, 1.82) is 0 Å². The van der Waals surface area contributed by atoms with Crippen LogP contribution in [0.5, 0.6) is 0 Å². The minimum Gasteiger partial charge on any atom is -0.300 e. The summed E-state index contributed by atoms with van der Waals surface area (Å²) < 4.78 is 0. The van der Waals surface area contributed by atoms with E-state index in [1.54, 1.807) is 11.1 Å². The molecule has 2 heterocycles. The maximum absolute atomic E-state index is 2.69. The lowest BCUT2D eigenvalue weighted by atomic mass is 9.91. The molecule has 19 heavy (non-hydrogen) atoms. The number of unbranched alkanes of at least 4 members (excludes halogenated alkanes) is 2. The Morgan fingerprint density at radius 3 is 2.89 bits per heavy atom. The highest BCUT2D eigenvalue weighted by molar-refractivity contribution is 5.33. The predicted molar refractivity (Wildman–Crippen MR) is 80.4 cm³/mol. The third-order valence-corrected chi connectivity index (χ3v) is 4.74. The van der Waals surface area contributed by atoms with E-state index in [0.717, 1.165) is 0 Å². The number of fused-ring (bicyclic) bond motifs is 3. The first-order chi connectivity index (χ1) is 9.38. The van der Waals surface area contributed by atoms with E-state index in [2.05, 4.69) is 41.0 Å². The molecule has 1 aromatic rings. The van der Waals surface area contributed by atoms with E-state index in [1.165, 1.54) is 58.4 Å². The van der Waals surface area contributed by atoms with E-state index in [-0.39, 0.29) is 0 Å². The Morgan fingerprint density at radius 2 is 2.00 bits per heavy atom. The summed E-state index contributed by atoms with van der Waals surface area (Å²) in [7, 11) is 0. The molecular weight excluding hydrogens is 232 g/mol. The molecule has 0 aliphatic carbocycles. The van der Waals surface area contributed by atoms with Crippen molar-refractivity contribution in [2.24, 2.45) is 0 Å². The number of hydrogen-bond acceptors (Lipinski definition) is 2. The Labute approximate surface area is 117 Å². The van der Waals surface area contributed by atoms with Crippen LogP contribution in [0.2, 0.25) is 0 Å². The van der Waals surface area contributed by atoms with Gasteiger partial charge in [-0.05, 0) is 30.5 Å². The van der Waals surface area contributed by atoms with Crippen LogP contribution in [0.25, 0.3) is 0 Å². The second-order valence-corrected chi connectivity index (χ2v) is 6.01. The van der Waals surface area contributed by atoms with E-state index in [4.69, 9.17) is 0 Å². The molecule has 0 saturated carbocycles. The van der Waals surface area contributed by atoms with Gasteiger partial charge in [0, 0.05) is 32.2 Å². The maximum atomic E-state index is 2.69. The average molecular weight is 258 g/mol. The van der Waals surface area contributed by atoms with Gasteiger partial charge >= 0.3 is 0 Å². The van der Waals surface area contributed by atoms with Crippen molar-refractivity contribution < 1.29 is 0 Å². The molecule has 104 valence electrons. The molecule has 0 bridgehead atoms. The Morgan fingerprint density at radius 1 is 1.11 bits per heavy atom.